The summed E-state index contributed by atoms with van der Waals surface area (Å²) in [6.07, 6.45) is 0.902. The lowest BCUT2D eigenvalue weighted by Crippen LogP contribution is -2.49. The Balaban J connectivity index is 2.04. The highest BCUT2D eigenvalue weighted by Gasteiger charge is 2.25. The molecule has 0 spiro atoms. The van der Waals surface area contributed by atoms with E-state index in [1.807, 2.05) is 30.3 Å². The van der Waals surface area contributed by atoms with Crippen LogP contribution in [-0.2, 0) is 13.0 Å². The van der Waals surface area contributed by atoms with E-state index in [4.69, 9.17) is 10.5 Å². The van der Waals surface area contributed by atoms with Crippen LogP contribution in [0.2, 0.25) is 0 Å². The molecule has 0 amide bonds. The zero-order valence-electron chi connectivity index (χ0n) is 13.8. The summed E-state index contributed by atoms with van der Waals surface area (Å²) in [6, 6.07) is 18.5. The summed E-state index contributed by atoms with van der Waals surface area (Å²) < 4.78 is 5.90. The van der Waals surface area contributed by atoms with Gasteiger partial charge in [0, 0.05) is 12.1 Å². The maximum atomic E-state index is 5.96. The first kappa shape index (κ1) is 16.5. The van der Waals surface area contributed by atoms with Gasteiger partial charge in [-0.1, -0.05) is 42.5 Å². The first-order chi connectivity index (χ1) is 10.5. The number of benzene rings is 2. The van der Waals surface area contributed by atoms with E-state index >= 15 is 0 Å². The minimum absolute atomic E-state index is 0.0436. The molecule has 0 fully saturated rings. The average molecular weight is 298 g/mol. The number of nitrogens with zero attached hydrogens (tertiary/aromatic N) is 1. The molecule has 2 N–H and O–H groups in total. The second-order valence-corrected chi connectivity index (χ2v) is 6.19. The molecule has 0 aliphatic rings. The van der Waals surface area contributed by atoms with E-state index in [-0.39, 0.29) is 5.54 Å². The molecule has 0 aliphatic heterocycles. The van der Waals surface area contributed by atoms with E-state index in [1.54, 1.807) is 0 Å². The van der Waals surface area contributed by atoms with E-state index in [2.05, 4.69) is 50.2 Å². The lowest BCUT2D eigenvalue weighted by molar-refractivity contribution is 0.181. The Kier molecular flexibility index (Phi) is 5.58. The van der Waals surface area contributed by atoms with Gasteiger partial charge in [-0.15, -0.1) is 0 Å². The first-order valence-electron chi connectivity index (χ1n) is 7.67. The van der Waals surface area contributed by atoms with E-state index in [0.717, 1.165) is 12.2 Å². The highest BCUT2D eigenvalue weighted by Crippen LogP contribution is 2.21. The van der Waals surface area contributed by atoms with Gasteiger partial charge in [0.05, 0.1) is 0 Å². The molecule has 2 aromatic rings. The van der Waals surface area contributed by atoms with Crippen molar-refractivity contribution >= 4 is 0 Å². The molecule has 1 atom stereocenters. The zero-order chi connectivity index (χ0) is 16.0. The average Bonchev–Trinajstić information content (AvgIpc) is 2.54. The summed E-state index contributed by atoms with van der Waals surface area (Å²) in [5.41, 5.74) is 8.33. The smallest absolute Gasteiger partial charge is 0.120 e. The van der Waals surface area contributed by atoms with Crippen molar-refractivity contribution in [1.29, 1.82) is 0 Å². The van der Waals surface area contributed by atoms with Crippen molar-refractivity contribution in [2.45, 2.75) is 25.5 Å². The minimum atomic E-state index is -0.0436. The summed E-state index contributed by atoms with van der Waals surface area (Å²) >= 11 is 0. The van der Waals surface area contributed by atoms with Crippen molar-refractivity contribution in [1.82, 2.24) is 4.90 Å². The Morgan fingerprint density at radius 2 is 1.68 bits per heavy atom. The van der Waals surface area contributed by atoms with Gasteiger partial charge in [0.1, 0.15) is 12.4 Å². The SMILES string of the molecule is CN(C)C(C)(CN)Cc1cccc(OCc2ccccc2)c1. The second kappa shape index (κ2) is 7.43. The van der Waals surface area contributed by atoms with Gasteiger partial charge in [-0.2, -0.15) is 0 Å². The van der Waals surface area contributed by atoms with Crippen molar-refractivity contribution in [3.05, 3.63) is 65.7 Å². The molecule has 0 bridgehead atoms. The third-order valence-electron chi connectivity index (χ3n) is 4.25. The predicted molar refractivity (Wildman–Crippen MR) is 92.1 cm³/mol. The quantitative estimate of drug-likeness (QED) is 0.853. The molecule has 0 aromatic heterocycles. The molecule has 3 nitrogen and oxygen atoms in total. The van der Waals surface area contributed by atoms with Crippen molar-refractivity contribution in [3.63, 3.8) is 0 Å². The largest absolute Gasteiger partial charge is 0.489 e. The molecule has 0 aliphatic carbocycles. The highest BCUT2D eigenvalue weighted by atomic mass is 16.5. The van der Waals surface area contributed by atoms with E-state index in [1.165, 1.54) is 11.1 Å². The lowest BCUT2D eigenvalue weighted by atomic mass is 9.91. The van der Waals surface area contributed by atoms with E-state index < -0.39 is 0 Å². The fourth-order valence-electron chi connectivity index (χ4n) is 2.34. The van der Waals surface area contributed by atoms with Gasteiger partial charge in [-0.25, -0.2) is 0 Å². The Labute approximate surface area is 133 Å². The van der Waals surface area contributed by atoms with Gasteiger partial charge in [0.2, 0.25) is 0 Å². The number of ether oxygens (including phenoxy) is 1. The summed E-state index contributed by atoms with van der Waals surface area (Å²) in [5.74, 6) is 0.902. The maximum absolute atomic E-state index is 5.96. The normalized spacial score (nSPS) is 13.9. The van der Waals surface area contributed by atoms with Crippen molar-refractivity contribution in [2.24, 2.45) is 5.73 Å². The number of likely N-dealkylation sites (N-methyl/N-ethyl adjacent to an activating group) is 1. The minimum Gasteiger partial charge on any atom is -0.489 e. The number of hydrogen-bond acceptors (Lipinski definition) is 3. The number of hydrogen-bond donors (Lipinski definition) is 1. The standard InChI is InChI=1S/C19H26N2O/c1-19(15-20,21(2)3)13-17-10-7-11-18(12-17)22-14-16-8-5-4-6-9-16/h4-12H,13-15,20H2,1-3H3. The monoisotopic (exact) mass is 298 g/mol. The molecule has 0 saturated heterocycles. The van der Waals surface area contributed by atoms with Gasteiger partial charge in [0.15, 0.2) is 0 Å². The Morgan fingerprint density at radius 1 is 1.00 bits per heavy atom. The number of nitrogens with two attached hydrogens (primary N) is 1. The van der Waals surface area contributed by atoms with Gasteiger partial charge in [-0.05, 0) is 50.7 Å². The van der Waals surface area contributed by atoms with Crippen LogP contribution in [0.1, 0.15) is 18.1 Å². The van der Waals surface area contributed by atoms with Crippen LogP contribution in [0.15, 0.2) is 54.6 Å². The van der Waals surface area contributed by atoms with Gasteiger partial charge in [0.25, 0.3) is 0 Å². The number of rotatable bonds is 7. The molecule has 2 aromatic carbocycles. The maximum Gasteiger partial charge on any atom is 0.120 e. The van der Waals surface area contributed by atoms with Crippen LogP contribution in [0.4, 0.5) is 0 Å². The van der Waals surface area contributed by atoms with E-state index in [0.29, 0.717) is 13.2 Å². The summed E-state index contributed by atoms with van der Waals surface area (Å²) in [5, 5.41) is 0. The molecule has 0 heterocycles. The molecule has 1 unspecified atom stereocenters. The Hall–Kier alpha value is -1.84. The highest BCUT2D eigenvalue weighted by molar-refractivity contribution is 5.30. The first-order valence-corrected chi connectivity index (χ1v) is 7.67. The van der Waals surface area contributed by atoms with Crippen molar-refractivity contribution in [2.75, 3.05) is 20.6 Å². The Bertz CT molecular complexity index is 583. The van der Waals surface area contributed by atoms with Gasteiger partial charge in [-0.3, -0.25) is 0 Å². The van der Waals surface area contributed by atoms with Crippen LogP contribution >= 0.6 is 0 Å². The molecule has 3 heteroatoms. The van der Waals surface area contributed by atoms with Crippen LogP contribution in [0.3, 0.4) is 0 Å². The summed E-state index contributed by atoms with van der Waals surface area (Å²) in [4.78, 5) is 2.19. The van der Waals surface area contributed by atoms with Crippen molar-refractivity contribution < 1.29 is 4.74 Å². The zero-order valence-corrected chi connectivity index (χ0v) is 13.8. The van der Waals surface area contributed by atoms with Crippen LogP contribution in [0.5, 0.6) is 5.75 Å². The molecule has 0 saturated carbocycles. The van der Waals surface area contributed by atoms with Crippen LogP contribution in [0, 0.1) is 0 Å². The second-order valence-electron chi connectivity index (χ2n) is 6.19. The topological polar surface area (TPSA) is 38.5 Å². The van der Waals surface area contributed by atoms with Gasteiger partial charge < -0.3 is 15.4 Å². The third kappa shape index (κ3) is 4.33. The fraction of sp³-hybridized carbons (Fsp3) is 0.368. The van der Waals surface area contributed by atoms with Gasteiger partial charge >= 0.3 is 0 Å². The van der Waals surface area contributed by atoms with Crippen LogP contribution in [-0.4, -0.2) is 31.1 Å². The summed E-state index contributed by atoms with van der Waals surface area (Å²) in [7, 11) is 4.14. The van der Waals surface area contributed by atoms with Crippen molar-refractivity contribution in [3.8, 4) is 5.75 Å². The van der Waals surface area contributed by atoms with Crippen LogP contribution < -0.4 is 10.5 Å². The summed E-state index contributed by atoms with van der Waals surface area (Å²) in [6.45, 7) is 3.39. The van der Waals surface area contributed by atoms with E-state index in [9.17, 15) is 0 Å². The molecule has 0 radical (unpaired) electrons. The third-order valence-corrected chi connectivity index (χ3v) is 4.25. The molecule has 118 valence electrons. The molecular weight excluding hydrogens is 272 g/mol. The molecular formula is C19H26N2O. The molecule has 22 heavy (non-hydrogen) atoms. The predicted octanol–water partition coefficient (Wildman–Crippen LogP) is 3.09. The lowest BCUT2D eigenvalue weighted by Gasteiger charge is -2.35. The van der Waals surface area contributed by atoms with Crippen LogP contribution in [0.25, 0.3) is 0 Å². The fourth-order valence-corrected chi connectivity index (χ4v) is 2.34. The molecule has 2 rings (SSSR count). The Morgan fingerprint density at radius 3 is 2.32 bits per heavy atom.